The lowest BCUT2D eigenvalue weighted by Gasteiger charge is -2.32. The lowest BCUT2D eigenvalue weighted by Crippen LogP contribution is -2.44. The summed E-state index contributed by atoms with van der Waals surface area (Å²) in [7, 11) is 0. The zero-order valence-corrected chi connectivity index (χ0v) is 9.88. The van der Waals surface area contributed by atoms with E-state index in [-0.39, 0.29) is 5.54 Å². The first kappa shape index (κ1) is 12.0. The van der Waals surface area contributed by atoms with Crippen LogP contribution in [0.15, 0.2) is 18.2 Å². The lowest BCUT2D eigenvalue weighted by atomic mass is 9.93. The number of hydrogen-bond acceptors (Lipinski definition) is 3. The summed E-state index contributed by atoms with van der Waals surface area (Å²) in [6.07, 6.45) is 2.02. The molecule has 1 aromatic heterocycles. The standard InChI is InChI=1S/C12H21N3/c1-4-12(5-2,9-13)15-11-8-6-7-10(3)14-11/h6-8H,4-5,9,13H2,1-3H3,(H,14,15). The number of aryl methyl sites for hydroxylation is 1. The highest BCUT2D eigenvalue weighted by Crippen LogP contribution is 2.19. The fourth-order valence-corrected chi connectivity index (χ4v) is 1.65. The second-order valence-electron chi connectivity index (χ2n) is 3.98. The van der Waals surface area contributed by atoms with Crippen molar-refractivity contribution in [1.29, 1.82) is 0 Å². The molecule has 1 heterocycles. The molecule has 0 fully saturated rings. The summed E-state index contributed by atoms with van der Waals surface area (Å²) >= 11 is 0. The van der Waals surface area contributed by atoms with Crippen LogP contribution in [0, 0.1) is 6.92 Å². The molecule has 0 amide bonds. The van der Waals surface area contributed by atoms with Gasteiger partial charge in [-0.1, -0.05) is 19.9 Å². The fraction of sp³-hybridized carbons (Fsp3) is 0.583. The molecule has 0 radical (unpaired) electrons. The number of anilines is 1. The second kappa shape index (κ2) is 5.12. The molecular formula is C12H21N3. The third-order valence-electron chi connectivity index (χ3n) is 3.03. The molecule has 84 valence electrons. The lowest BCUT2D eigenvalue weighted by molar-refractivity contribution is 0.443. The van der Waals surface area contributed by atoms with Crippen molar-refractivity contribution in [2.45, 2.75) is 39.2 Å². The molecule has 3 N–H and O–H groups in total. The quantitative estimate of drug-likeness (QED) is 0.779. The minimum atomic E-state index is -0.0131. The number of hydrogen-bond donors (Lipinski definition) is 2. The monoisotopic (exact) mass is 207 g/mol. The third-order valence-corrected chi connectivity index (χ3v) is 3.03. The maximum Gasteiger partial charge on any atom is 0.126 e. The summed E-state index contributed by atoms with van der Waals surface area (Å²) in [5.41, 5.74) is 6.84. The predicted molar refractivity (Wildman–Crippen MR) is 65.0 cm³/mol. The van der Waals surface area contributed by atoms with Gasteiger partial charge in [-0.15, -0.1) is 0 Å². The van der Waals surface area contributed by atoms with E-state index in [1.54, 1.807) is 0 Å². The topological polar surface area (TPSA) is 50.9 Å². The molecule has 0 aliphatic carbocycles. The molecule has 1 aromatic rings. The van der Waals surface area contributed by atoms with Crippen LogP contribution in [0.25, 0.3) is 0 Å². The number of aromatic nitrogens is 1. The Hall–Kier alpha value is -1.09. The molecule has 0 aliphatic rings. The molecule has 0 aromatic carbocycles. The Balaban J connectivity index is 2.82. The number of nitrogens with two attached hydrogens (primary N) is 1. The van der Waals surface area contributed by atoms with Crippen molar-refractivity contribution in [3.05, 3.63) is 23.9 Å². The van der Waals surface area contributed by atoms with E-state index >= 15 is 0 Å². The number of pyridine rings is 1. The van der Waals surface area contributed by atoms with Gasteiger partial charge >= 0.3 is 0 Å². The minimum absolute atomic E-state index is 0.0131. The Kier molecular flexibility index (Phi) is 4.09. The average Bonchev–Trinajstić information content (AvgIpc) is 2.26. The van der Waals surface area contributed by atoms with Crippen LogP contribution in [0.2, 0.25) is 0 Å². The summed E-state index contributed by atoms with van der Waals surface area (Å²) in [6.45, 7) is 6.93. The Morgan fingerprint density at radius 1 is 1.33 bits per heavy atom. The SMILES string of the molecule is CCC(CC)(CN)Nc1cccc(C)n1. The van der Waals surface area contributed by atoms with Gasteiger partial charge in [0.25, 0.3) is 0 Å². The van der Waals surface area contributed by atoms with Crippen LogP contribution in [0.5, 0.6) is 0 Å². The number of nitrogens with zero attached hydrogens (tertiary/aromatic N) is 1. The molecule has 1 rings (SSSR count). The summed E-state index contributed by atoms with van der Waals surface area (Å²) in [5.74, 6) is 0.921. The molecule has 0 spiro atoms. The van der Waals surface area contributed by atoms with Crippen LogP contribution in [-0.2, 0) is 0 Å². The summed E-state index contributed by atoms with van der Waals surface area (Å²) < 4.78 is 0. The average molecular weight is 207 g/mol. The van der Waals surface area contributed by atoms with Crippen LogP contribution in [0.3, 0.4) is 0 Å². The van der Waals surface area contributed by atoms with Crippen LogP contribution in [0.4, 0.5) is 5.82 Å². The zero-order chi connectivity index (χ0) is 11.3. The van der Waals surface area contributed by atoms with E-state index in [9.17, 15) is 0 Å². The molecule has 0 unspecified atom stereocenters. The molecule has 0 saturated heterocycles. The van der Waals surface area contributed by atoms with Crippen molar-refractivity contribution >= 4 is 5.82 Å². The number of rotatable bonds is 5. The van der Waals surface area contributed by atoms with E-state index < -0.39 is 0 Å². The van der Waals surface area contributed by atoms with Gasteiger partial charge in [-0.2, -0.15) is 0 Å². The number of nitrogens with one attached hydrogen (secondary N) is 1. The Labute approximate surface area is 92.1 Å². The van der Waals surface area contributed by atoms with E-state index in [0.29, 0.717) is 6.54 Å². The van der Waals surface area contributed by atoms with E-state index in [1.807, 2.05) is 25.1 Å². The molecule has 3 heteroatoms. The van der Waals surface area contributed by atoms with Gasteiger partial charge < -0.3 is 11.1 Å². The van der Waals surface area contributed by atoms with Gasteiger partial charge in [-0.05, 0) is 31.9 Å². The minimum Gasteiger partial charge on any atom is -0.363 e. The summed E-state index contributed by atoms with van der Waals surface area (Å²) in [4.78, 5) is 4.44. The van der Waals surface area contributed by atoms with Crippen LogP contribution < -0.4 is 11.1 Å². The molecule has 3 nitrogen and oxygen atoms in total. The second-order valence-corrected chi connectivity index (χ2v) is 3.98. The summed E-state index contributed by atoms with van der Waals surface area (Å²) in [5, 5.41) is 3.45. The van der Waals surface area contributed by atoms with Crippen LogP contribution in [-0.4, -0.2) is 17.1 Å². The van der Waals surface area contributed by atoms with Crippen molar-refractivity contribution in [2.24, 2.45) is 5.73 Å². The normalized spacial score (nSPS) is 11.5. The third kappa shape index (κ3) is 2.93. The van der Waals surface area contributed by atoms with Crippen molar-refractivity contribution in [3.8, 4) is 0 Å². The Morgan fingerprint density at radius 2 is 2.00 bits per heavy atom. The highest BCUT2D eigenvalue weighted by Gasteiger charge is 2.24. The van der Waals surface area contributed by atoms with Gasteiger partial charge in [0.15, 0.2) is 0 Å². The first-order chi connectivity index (χ1) is 7.15. The fourth-order valence-electron chi connectivity index (χ4n) is 1.65. The maximum absolute atomic E-state index is 5.82. The van der Waals surface area contributed by atoms with E-state index in [0.717, 1.165) is 24.4 Å². The van der Waals surface area contributed by atoms with Crippen molar-refractivity contribution in [2.75, 3.05) is 11.9 Å². The van der Waals surface area contributed by atoms with Crippen LogP contribution >= 0.6 is 0 Å². The highest BCUT2D eigenvalue weighted by molar-refractivity contribution is 5.38. The van der Waals surface area contributed by atoms with Gasteiger partial charge in [-0.3, -0.25) is 0 Å². The molecular weight excluding hydrogens is 186 g/mol. The van der Waals surface area contributed by atoms with E-state index in [1.165, 1.54) is 0 Å². The van der Waals surface area contributed by atoms with Crippen LogP contribution in [0.1, 0.15) is 32.4 Å². The molecule has 0 aliphatic heterocycles. The smallest absolute Gasteiger partial charge is 0.126 e. The first-order valence-electron chi connectivity index (χ1n) is 5.57. The van der Waals surface area contributed by atoms with Gasteiger partial charge in [0.05, 0.1) is 5.54 Å². The zero-order valence-electron chi connectivity index (χ0n) is 9.88. The van der Waals surface area contributed by atoms with Gasteiger partial charge in [-0.25, -0.2) is 4.98 Å². The van der Waals surface area contributed by atoms with Crippen molar-refractivity contribution in [3.63, 3.8) is 0 Å². The molecule has 15 heavy (non-hydrogen) atoms. The van der Waals surface area contributed by atoms with Crippen molar-refractivity contribution in [1.82, 2.24) is 4.98 Å². The first-order valence-corrected chi connectivity index (χ1v) is 5.57. The van der Waals surface area contributed by atoms with Gasteiger partial charge in [0.2, 0.25) is 0 Å². The molecule has 0 saturated carbocycles. The molecule has 0 bridgehead atoms. The Bertz CT molecular complexity index is 297. The van der Waals surface area contributed by atoms with Crippen molar-refractivity contribution < 1.29 is 0 Å². The highest BCUT2D eigenvalue weighted by atomic mass is 15.1. The summed E-state index contributed by atoms with van der Waals surface area (Å²) in [6, 6.07) is 5.99. The van der Waals surface area contributed by atoms with Gasteiger partial charge in [0.1, 0.15) is 5.82 Å². The maximum atomic E-state index is 5.82. The van der Waals surface area contributed by atoms with Gasteiger partial charge in [0, 0.05) is 12.2 Å². The largest absolute Gasteiger partial charge is 0.363 e. The Morgan fingerprint density at radius 3 is 2.47 bits per heavy atom. The van der Waals surface area contributed by atoms with E-state index in [2.05, 4.69) is 24.1 Å². The molecule has 0 atom stereocenters. The predicted octanol–water partition coefficient (Wildman–Crippen LogP) is 2.32. The van der Waals surface area contributed by atoms with E-state index in [4.69, 9.17) is 5.73 Å².